The summed E-state index contributed by atoms with van der Waals surface area (Å²) in [6.45, 7) is 2.86. The number of carbonyl (C=O) groups is 2. The number of benzene rings is 1. The molecule has 1 rings (SSSR count). The Morgan fingerprint density at radius 1 is 1.00 bits per heavy atom. The molecule has 0 spiro atoms. The summed E-state index contributed by atoms with van der Waals surface area (Å²) in [5.41, 5.74) is 0.817. The first-order valence-corrected chi connectivity index (χ1v) is 8.05. The number of hydrogen-bond acceptors (Lipinski definition) is 4. The molecule has 0 atom stereocenters. The lowest BCUT2D eigenvalue weighted by atomic mass is 10.2. The highest BCUT2D eigenvalue weighted by molar-refractivity contribution is 5.85. The number of carboxylic acids is 1. The van der Waals surface area contributed by atoms with Crippen molar-refractivity contribution in [2.75, 3.05) is 13.2 Å². The lowest BCUT2D eigenvalue weighted by Crippen LogP contribution is -2.02. The van der Waals surface area contributed by atoms with Crippen LogP contribution in [-0.2, 0) is 14.3 Å². The number of carboxylic acid groups (broad SMARTS) is 1. The molecule has 0 aliphatic rings. The van der Waals surface area contributed by atoms with Crippen molar-refractivity contribution in [2.45, 2.75) is 32.6 Å². The van der Waals surface area contributed by atoms with Crippen LogP contribution < -0.4 is 4.74 Å². The predicted octanol–water partition coefficient (Wildman–Crippen LogP) is 3.84. The highest BCUT2D eigenvalue weighted by Gasteiger charge is 1.97. The molecule has 0 aliphatic carbocycles. The minimum absolute atomic E-state index is 0.289. The Hall–Kier alpha value is -2.56. The lowest BCUT2D eigenvalue weighted by Gasteiger charge is -2.06. The first-order valence-electron chi connectivity index (χ1n) is 8.05. The third-order valence-electron chi connectivity index (χ3n) is 3.15. The summed E-state index contributed by atoms with van der Waals surface area (Å²) in [4.78, 5) is 21.5. The van der Waals surface area contributed by atoms with Crippen LogP contribution in [0.1, 0.15) is 38.2 Å². The fourth-order valence-corrected chi connectivity index (χ4v) is 1.95. The van der Waals surface area contributed by atoms with E-state index in [-0.39, 0.29) is 5.97 Å². The van der Waals surface area contributed by atoms with Crippen LogP contribution in [0.5, 0.6) is 5.75 Å². The largest absolute Gasteiger partial charge is 0.494 e. The SMILES string of the molecule is CC=CC(=O)OCCCCCCOc1ccc(/C=C/C(=O)O)cc1. The monoisotopic (exact) mass is 332 g/mol. The van der Waals surface area contributed by atoms with Gasteiger partial charge in [0.15, 0.2) is 0 Å². The molecule has 5 heteroatoms. The van der Waals surface area contributed by atoms with Crippen molar-refractivity contribution >= 4 is 18.0 Å². The number of allylic oxidation sites excluding steroid dienone is 1. The highest BCUT2D eigenvalue weighted by Crippen LogP contribution is 2.14. The Bertz CT molecular complexity index is 558. The van der Waals surface area contributed by atoms with Crippen molar-refractivity contribution in [3.63, 3.8) is 0 Å². The fraction of sp³-hybridized carbons (Fsp3) is 0.368. The van der Waals surface area contributed by atoms with Crippen molar-refractivity contribution in [2.24, 2.45) is 0 Å². The smallest absolute Gasteiger partial charge is 0.330 e. The number of carbonyl (C=O) groups excluding carboxylic acids is 1. The van der Waals surface area contributed by atoms with Crippen LogP contribution >= 0.6 is 0 Å². The molecule has 0 fully saturated rings. The van der Waals surface area contributed by atoms with Gasteiger partial charge in [0.1, 0.15) is 5.75 Å². The second-order valence-electron chi connectivity index (χ2n) is 5.17. The number of unbranched alkanes of at least 4 members (excludes halogenated alkanes) is 3. The predicted molar refractivity (Wildman–Crippen MR) is 92.8 cm³/mol. The zero-order valence-electron chi connectivity index (χ0n) is 13.9. The van der Waals surface area contributed by atoms with Gasteiger partial charge in [0.05, 0.1) is 13.2 Å². The van der Waals surface area contributed by atoms with E-state index in [9.17, 15) is 9.59 Å². The van der Waals surface area contributed by atoms with Crippen LogP contribution in [0.3, 0.4) is 0 Å². The number of ether oxygens (including phenoxy) is 2. The molecule has 0 radical (unpaired) electrons. The average Bonchev–Trinajstić information content (AvgIpc) is 2.56. The maximum absolute atomic E-state index is 11.1. The average molecular weight is 332 g/mol. The molecule has 0 saturated heterocycles. The van der Waals surface area contributed by atoms with E-state index >= 15 is 0 Å². The van der Waals surface area contributed by atoms with E-state index in [2.05, 4.69) is 0 Å². The number of aliphatic carboxylic acids is 1. The molecule has 0 aromatic heterocycles. The molecule has 0 bridgehead atoms. The van der Waals surface area contributed by atoms with Crippen LogP contribution in [0.25, 0.3) is 6.08 Å². The molecular weight excluding hydrogens is 308 g/mol. The van der Waals surface area contributed by atoms with Gasteiger partial charge in [0, 0.05) is 12.2 Å². The summed E-state index contributed by atoms with van der Waals surface area (Å²) in [5, 5.41) is 8.56. The quantitative estimate of drug-likeness (QED) is 0.379. The summed E-state index contributed by atoms with van der Waals surface area (Å²) in [5.74, 6) is -0.489. The number of hydrogen-bond donors (Lipinski definition) is 1. The Labute approximate surface area is 142 Å². The molecule has 1 aromatic rings. The van der Waals surface area contributed by atoms with Gasteiger partial charge in [-0.2, -0.15) is 0 Å². The van der Waals surface area contributed by atoms with E-state index in [0.29, 0.717) is 13.2 Å². The maximum atomic E-state index is 11.1. The van der Waals surface area contributed by atoms with Crippen LogP contribution in [0.15, 0.2) is 42.5 Å². The van der Waals surface area contributed by atoms with Gasteiger partial charge >= 0.3 is 11.9 Å². The Balaban J connectivity index is 2.09. The second-order valence-corrected chi connectivity index (χ2v) is 5.17. The molecular formula is C19H24O5. The van der Waals surface area contributed by atoms with E-state index in [1.54, 1.807) is 13.0 Å². The highest BCUT2D eigenvalue weighted by atomic mass is 16.5. The van der Waals surface area contributed by atoms with Gasteiger partial charge in [-0.1, -0.05) is 18.2 Å². The molecule has 24 heavy (non-hydrogen) atoms. The molecule has 0 aliphatic heterocycles. The van der Waals surface area contributed by atoms with Gasteiger partial charge in [0.25, 0.3) is 0 Å². The van der Waals surface area contributed by atoms with Crippen molar-refractivity contribution in [1.29, 1.82) is 0 Å². The van der Waals surface area contributed by atoms with Gasteiger partial charge in [-0.25, -0.2) is 9.59 Å². The summed E-state index contributed by atoms with van der Waals surface area (Å²) < 4.78 is 10.6. The minimum atomic E-state index is -0.966. The van der Waals surface area contributed by atoms with Crippen LogP contribution in [0.4, 0.5) is 0 Å². The molecule has 0 heterocycles. The van der Waals surface area contributed by atoms with E-state index in [0.717, 1.165) is 43.1 Å². The van der Waals surface area contributed by atoms with Gasteiger partial charge < -0.3 is 14.6 Å². The van der Waals surface area contributed by atoms with Crippen LogP contribution in [-0.4, -0.2) is 30.3 Å². The van der Waals surface area contributed by atoms with Gasteiger partial charge in [-0.3, -0.25) is 0 Å². The lowest BCUT2D eigenvalue weighted by molar-refractivity contribution is -0.138. The van der Waals surface area contributed by atoms with Gasteiger partial charge in [-0.05, 0) is 56.4 Å². The van der Waals surface area contributed by atoms with Crippen molar-refractivity contribution in [1.82, 2.24) is 0 Å². The molecule has 1 aromatic carbocycles. The van der Waals surface area contributed by atoms with E-state index in [4.69, 9.17) is 14.6 Å². The number of esters is 1. The third-order valence-corrected chi connectivity index (χ3v) is 3.15. The normalized spacial score (nSPS) is 11.0. The number of rotatable bonds is 11. The first kappa shape index (κ1) is 19.5. The van der Waals surface area contributed by atoms with E-state index in [1.165, 1.54) is 12.2 Å². The Morgan fingerprint density at radius 2 is 1.67 bits per heavy atom. The Kier molecular flexibility index (Phi) is 9.69. The van der Waals surface area contributed by atoms with Crippen molar-refractivity contribution in [3.8, 4) is 5.75 Å². The standard InChI is InChI=1S/C19H24O5/c1-2-7-19(22)24-15-6-4-3-5-14-23-17-11-8-16(9-12-17)10-13-18(20)21/h2,7-13H,3-6,14-15H2,1H3,(H,20,21)/b7-2?,13-10+. The van der Waals surface area contributed by atoms with E-state index in [1.807, 2.05) is 24.3 Å². The molecule has 0 saturated carbocycles. The third kappa shape index (κ3) is 9.46. The van der Waals surface area contributed by atoms with Crippen LogP contribution in [0.2, 0.25) is 0 Å². The zero-order chi connectivity index (χ0) is 17.6. The Morgan fingerprint density at radius 3 is 2.29 bits per heavy atom. The molecule has 130 valence electrons. The minimum Gasteiger partial charge on any atom is -0.494 e. The summed E-state index contributed by atoms with van der Waals surface area (Å²) >= 11 is 0. The summed E-state index contributed by atoms with van der Waals surface area (Å²) in [7, 11) is 0. The second kappa shape index (κ2) is 11.9. The molecule has 0 amide bonds. The van der Waals surface area contributed by atoms with Crippen LogP contribution in [0, 0.1) is 0 Å². The summed E-state index contributed by atoms with van der Waals surface area (Å²) in [6.07, 6.45) is 9.51. The van der Waals surface area contributed by atoms with E-state index < -0.39 is 5.97 Å². The van der Waals surface area contributed by atoms with Gasteiger partial charge in [0.2, 0.25) is 0 Å². The topological polar surface area (TPSA) is 72.8 Å². The van der Waals surface area contributed by atoms with Crippen molar-refractivity contribution < 1.29 is 24.2 Å². The van der Waals surface area contributed by atoms with Crippen molar-refractivity contribution in [3.05, 3.63) is 48.1 Å². The molecule has 5 nitrogen and oxygen atoms in total. The van der Waals surface area contributed by atoms with Gasteiger partial charge in [-0.15, -0.1) is 0 Å². The maximum Gasteiger partial charge on any atom is 0.330 e. The zero-order valence-corrected chi connectivity index (χ0v) is 13.9. The molecule has 1 N–H and O–H groups in total. The molecule has 0 unspecified atom stereocenters. The summed E-state index contributed by atoms with van der Waals surface area (Å²) in [6, 6.07) is 7.27. The first-order chi connectivity index (χ1) is 11.6. The fourth-order valence-electron chi connectivity index (χ4n) is 1.95.